The average molecular weight is 259 g/mol. The number of aromatic nitrogens is 2. The molecule has 0 bridgehead atoms. The van der Waals surface area contributed by atoms with E-state index in [9.17, 15) is 4.39 Å². The fourth-order valence-electron chi connectivity index (χ4n) is 2.75. The van der Waals surface area contributed by atoms with Crippen LogP contribution >= 0.6 is 0 Å². The molecule has 19 heavy (non-hydrogen) atoms. The molecule has 0 radical (unpaired) electrons. The quantitative estimate of drug-likeness (QED) is 0.897. The van der Waals surface area contributed by atoms with Gasteiger partial charge in [-0.15, -0.1) is 0 Å². The summed E-state index contributed by atoms with van der Waals surface area (Å²) in [6.07, 6.45) is 7.27. The van der Waals surface area contributed by atoms with Crippen molar-refractivity contribution in [2.24, 2.45) is 0 Å². The lowest BCUT2D eigenvalue weighted by atomic mass is 9.97. The molecule has 4 heteroatoms. The van der Waals surface area contributed by atoms with Crippen LogP contribution in [0.3, 0.4) is 0 Å². The third-order valence-electron chi connectivity index (χ3n) is 3.74. The third kappa shape index (κ3) is 2.54. The molecule has 1 aromatic carbocycles. The molecule has 1 aliphatic rings. The van der Waals surface area contributed by atoms with Crippen molar-refractivity contribution in [2.45, 2.75) is 38.3 Å². The second kappa shape index (κ2) is 5.13. The SMILES string of the molecule is CC1CCCC(c2cncn2-c2ccc(F)cc2)N1. The summed E-state index contributed by atoms with van der Waals surface area (Å²) in [4.78, 5) is 4.25. The van der Waals surface area contributed by atoms with E-state index < -0.39 is 0 Å². The lowest BCUT2D eigenvalue weighted by Crippen LogP contribution is -2.35. The smallest absolute Gasteiger partial charge is 0.123 e. The minimum Gasteiger partial charge on any atom is -0.306 e. The summed E-state index contributed by atoms with van der Waals surface area (Å²) in [7, 11) is 0. The van der Waals surface area contributed by atoms with Gasteiger partial charge in [-0.25, -0.2) is 9.37 Å². The number of hydrogen-bond donors (Lipinski definition) is 1. The topological polar surface area (TPSA) is 29.9 Å². The van der Waals surface area contributed by atoms with Gasteiger partial charge in [0.1, 0.15) is 5.82 Å². The molecule has 2 unspecified atom stereocenters. The molecule has 2 aromatic rings. The second-order valence-corrected chi connectivity index (χ2v) is 5.22. The van der Waals surface area contributed by atoms with Crippen LogP contribution in [0.4, 0.5) is 4.39 Å². The van der Waals surface area contributed by atoms with Crippen LogP contribution in [0.1, 0.15) is 37.9 Å². The first kappa shape index (κ1) is 12.4. The summed E-state index contributed by atoms with van der Waals surface area (Å²) in [5.41, 5.74) is 2.10. The van der Waals surface area contributed by atoms with Crippen molar-refractivity contribution in [1.29, 1.82) is 0 Å². The summed E-state index contributed by atoms with van der Waals surface area (Å²) in [5.74, 6) is -0.213. The van der Waals surface area contributed by atoms with E-state index in [1.54, 1.807) is 18.5 Å². The Bertz CT molecular complexity index is 547. The molecule has 0 saturated carbocycles. The molecule has 3 nitrogen and oxygen atoms in total. The molecular weight excluding hydrogens is 241 g/mol. The molecule has 3 rings (SSSR count). The molecule has 0 aliphatic carbocycles. The largest absolute Gasteiger partial charge is 0.306 e. The van der Waals surface area contributed by atoms with Crippen molar-refractivity contribution in [3.8, 4) is 5.69 Å². The molecule has 2 heterocycles. The maximum absolute atomic E-state index is 13.0. The van der Waals surface area contributed by atoms with Crippen LogP contribution in [-0.2, 0) is 0 Å². The molecule has 1 saturated heterocycles. The van der Waals surface area contributed by atoms with Crippen LogP contribution in [0.15, 0.2) is 36.8 Å². The highest BCUT2D eigenvalue weighted by atomic mass is 19.1. The number of nitrogens with one attached hydrogen (secondary N) is 1. The predicted octanol–water partition coefficient (Wildman–Crippen LogP) is 3.21. The van der Waals surface area contributed by atoms with Crippen LogP contribution in [-0.4, -0.2) is 15.6 Å². The van der Waals surface area contributed by atoms with E-state index in [4.69, 9.17) is 0 Å². The summed E-state index contributed by atoms with van der Waals surface area (Å²) < 4.78 is 15.0. The van der Waals surface area contributed by atoms with Crippen molar-refractivity contribution in [1.82, 2.24) is 14.9 Å². The summed E-state index contributed by atoms with van der Waals surface area (Å²) >= 11 is 0. The van der Waals surface area contributed by atoms with Crippen molar-refractivity contribution in [3.05, 3.63) is 48.3 Å². The first-order chi connectivity index (χ1) is 9.24. The average Bonchev–Trinajstić information content (AvgIpc) is 2.89. The normalized spacial score (nSPS) is 23.5. The van der Waals surface area contributed by atoms with Gasteiger partial charge in [0.15, 0.2) is 0 Å². The Hall–Kier alpha value is -1.68. The summed E-state index contributed by atoms with van der Waals surface area (Å²) in [5, 5.41) is 3.61. The standard InChI is InChI=1S/C15H18FN3/c1-11-3-2-4-14(18-11)15-9-17-10-19(15)13-7-5-12(16)6-8-13/h5-11,14,18H,2-4H2,1H3. The van der Waals surface area contributed by atoms with Gasteiger partial charge in [-0.2, -0.15) is 0 Å². The highest BCUT2D eigenvalue weighted by molar-refractivity contribution is 5.34. The zero-order valence-corrected chi connectivity index (χ0v) is 11.0. The van der Waals surface area contributed by atoms with E-state index in [0.29, 0.717) is 12.1 Å². The lowest BCUT2D eigenvalue weighted by molar-refractivity contribution is 0.334. The lowest BCUT2D eigenvalue weighted by Gasteiger charge is -2.29. The number of rotatable bonds is 2. The van der Waals surface area contributed by atoms with Crippen molar-refractivity contribution < 1.29 is 4.39 Å². The number of hydrogen-bond acceptors (Lipinski definition) is 2. The molecular formula is C15H18FN3. The zero-order valence-electron chi connectivity index (χ0n) is 11.0. The fourth-order valence-corrected chi connectivity index (χ4v) is 2.75. The Morgan fingerprint density at radius 3 is 2.79 bits per heavy atom. The van der Waals surface area contributed by atoms with Gasteiger partial charge in [0, 0.05) is 17.8 Å². The summed E-state index contributed by atoms with van der Waals surface area (Å²) in [6.45, 7) is 2.21. The van der Waals surface area contributed by atoms with Gasteiger partial charge in [-0.05, 0) is 50.5 Å². The molecule has 0 amide bonds. The Balaban J connectivity index is 1.91. The van der Waals surface area contributed by atoms with Gasteiger partial charge < -0.3 is 9.88 Å². The van der Waals surface area contributed by atoms with Gasteiger partial charge >= 0.3 is 0 Å². The van der Waals surface area contributed by atoms with E-state index in [-0.39, 0.29) is 5.82 Å². The van der Waals surface area contributed by atoms with E-state index in [1.165, 1.54) is 25.0 Å². The number of nitrogens with zero attached hydrogens (tertiary/aromatic N) is 2. The van der Waals surface area contributed by atoms with Crippen molar-refractivity contribution in [3.63, 3.8) is 0 Å². The number of piperidine rings is 1. The Labute approximate surface area is 112 Å². The maximum Gasteiger partial charge on any atom is 0.123 e. The fraction of sp³-hybridized carbons (Fsp3) is 0.400. The van der Waals surface area contributed by atoms with E-state index >= 15 is 0 Å². The number of halogens is 1. The minimum absolute atomic E-state index is 0.213. The third-order valence-corrected chi connectivity index (χ3v) is 3.74. The van der Waals surface area contributed by atoms with E-state index in [2.05, 4.69) is 17.2 Å². The van der Waals surface area contributed by atoms with Gasteiger partial charge in [0.05, 0.1) is 18.2 Å². The first-order valence-electron chi connectivity index (χ1n) is 6.78. The highest BCUT2D eigenvalue weighted by Crippen LogP contribution is 2.27. The van der Waals surface area contributed by atoms with E-state index in [1.807, 2.05) is 10.8 Å². The van der Waals surface area contributed by atoms with Crippen LogP contribution in [0, 0.1) is 5.82 Å². The second-order valence-electron chi connectivity index (χ2n) is 5.22. The van der Waals surface area contributed by atoms with Crippen LogP contribution in [0.5, 0.6) is 0 Å². The Kier molecular flexibility index (Phi) is 3.34. The zero-order chi connectivity index (χ0) is 13.2. The van der Waals surface area contributed by atoms with Gasteiger partial charge in [-0.3, -0.25) is 0 Å². The number of benzene rings is 1. The molecule has 1 aliphatic heterocycles. The first-order valence-corrected chi connectivity index (χ1v) is 6.78. The molecule has 1 N–H and O–H groups in total. The molecule has 0 spiro atoms. The van der Waals surface area contributed by atoms with Gasteiger partial charge in [-0.1, -0.05) is 0 Å². The van der Waals surface area contributed by atoms with Crippen molar-refractivity contribution >= 4 is 0 Å². The summed E-state index contributed by atoms with van der Waals surface area (Å²) in [6, 6.07) is 7.40. The van der Waals surface area contributed by atoms with Crippen molar-refractivity contribution in [2.75, 3.05) is 0 Å². The predicted molar refractivity (Wildman–Crippen MR) is 72.7 cm³/mol. The van der Waals surface area contributed by atoms with Crippen LogP contribution < -0.4 is 5.32 Å². The maximum atomic E-state index is 13.0. The highest BCUT2D eigenvalue weighted by Gasteiger charge is 2.22. The van der Waals surface area contributed by atoms with E-state index in [0.717, 1.165) is 17.8 Å². The Morgan fingerprint density at radius 1 is 1.26 bits per heavy atom. The minimum atomic E-state index is -0.213. The van der Waals surface area contributed by atoms with Crippen LogP contribution in [0.25, 0.3) is 5.69 Å². The molecule has 1 fully saturated rings. The number of imidazole rings is 1. The van der Waals surface area contributed by atoms with Gasteiger partial charge in [0.2, 0.25) is 0 Å². The Morgan fingerprint density at radius 2 is 2.05 bits per heavy atom. The molecule has 100 valence electrons. The molecule has 2 atom stereocenters. The van der Waals surface area contributed by atoms with Crippen LogP contribution in [0.2, 0.25) is 0 Å². The monoisotopic (exact) mass is 259 g/mol. The molecule has 1 aromatic heterocycles. The van der Waals surface area contributed by atoms with Gasteiger partial charge in [0.25, 0.3) is 0 Å².